The van der Waals surface area contributed by atoms with Crippen LogP contribution < -0.4 is 0 Å². The van der Waals surface area contributed by atoms with Crippen molar-refractivity contribution in [2.24, 2.45) is 5.92 Å². The minimum absolute atomic E-state index is 0.662. The molecular weight excluding hydrogens is 232 g/mol. The summed E-state index contributed by atoms with van der Waals surface area (Å²) in [7, 11) is 0. The summed E-state index contributed by atoms with van der Waals surface area (Å²) in [4.78, 5) is 4.12. The van der Waals surface area contributed by atoms with Crippen molar-refractivity contribution in [1.29, 1.82) is 0 Å². The highest BCUT2D eigenvalue weighted by Crippen LogP contribution is 2.16. The number of aromatic nitrogens is 2. The molecule has 1 aromatic heterocycles. The Morgan fingerprint density at radius 3 is 3.23 bits per heavy atom. The van der Waals surface area contributed by atoms with Crippen molar-refractivity contribution in [3.63, 3.8) is 0 Å². The normalized spacial score (nSPS) is 23.3. The molecule has 2 rings (SSSR count). The maximum absolute atomic E-state index is 5.42. The Morgan fingerprint density at radius 1 is 1.69 bits per heavy atom. The van der Waals surface area contributed by atoms with Crippen LogP contribution in [0.3, 0.4) is 0 Å². The van der Waals surface area contributed by atoms with Gasteiger partial charge in [0, 0.05) is 25.3 Å². The lowest BCUT2D eigenvalue weighted by molar-refractivity contribution is 0.0483. The van der Waals surface area contributed by atoms with Crippen LogP contribution in [0.4, 0.5) is 0 Å². The first-order valence-electron chi connectivity index (χ1n) is 4.59. The molecule has 72 valence electrons. The van der Waals surface area contributed by atoms with Crippen LogP contribution in [0.5, 0.6) is 0 Å². The predicted octanol–water partition coefficient (Wildman–Crippen LogP) is 2.07. The largest absolute Gasteiger partial charge is 0.381 e. The number of ether oxygens (including phenoxy) is 1. The summed E-state index contributed by atoms with van der Waals surface area (Å²) >= 11 is 3.33. The minimum atomic E-state index is 0.662. The Labute approximate surface area is 86.2 Å². The molecule has 1 unspecified atom stereocenters. The molecule has 0 spiro atoms. The second-order valence-corrected chi connectivity index (χ2v) is 4.29. The third-order valence-corrected chi connectivity index (χ3v) is 2.73. The van der Waals surface area contributed by atoms with E-state index in [0.717, 1.165) is 24.4 Å². The van der Waals surface area contributed by atoms with Gasteiger partial charge in [0.25, 0.3) is 0 Å². The molecule has 0 aliphatic carbocycles. The maximum atomic E-state index is 5.42. The second-order valence-electron chi connectivity index (χ2n) is 3.48. The van der Waals surface area contributed by atoms with Crippen LogP contribution in [-0.2, 0) is 11.3 Å². The van der Waals surface area contributed by atoms with Gasteiger partial charge in [-0.05, 0) is 28.8 Å². The van der Waals surface area contributed by atoms with Gasteiger partial charge in [0.15, 0.2) is 0 Å². The number of hydrogen-bond donors (Lipinski definition) is 0. The number of rotatable bonds is 2. The highest BCUT2D eigenvalue weighted by atomic mass is 79.9. The fourth-order valence-corrected chi connectivity index (χ4v) is 2.04. The molecule has 1 atom stereocenters. The van der Waals surface area contributed by atoms with E-state index in [1.165, 1.54) is 12.8 Å². The van der Waals surface area contributed by atoms with Crippen LogP contribution in [0.1, 0.15) is 12.8 Å². The summed E-state index contributed by atoms with van der Waals surface area (Å²) in [6, 6.07) is 0. The van der Waals surface area contributed by atoms with E-state index in [2.05, 4.69) is 25.5 Å². The average molecular weight is 245 g/mol. The zero-order chi connectivity index (χ0) is 9.10. The van der Waals surface area contributed by atoms with Crippen molar-refractivity contribution < 1.29 is 4.74 Å². The van der Waals surface area contributed by atoms with Gasteiger partial charge in [-0.2, -0.15) is 0 Å². The molecule has 1 aliphatic rings. The molecule has 0 bridgehead atoms. The molecule has 1 aliphatic heterocycles. The van der Waals surface area contributed by atoms with Crippen LogP contribution in [0.15, 0.2) is 17.1 Å². The Kier molecular flexibility index (Phi) is 3.01. The molecule has 3 nitrogen and oxygen atoms in total. The van der Waals surface area contributed by atoms with Crippen LogP contribution in [-0.4, -0.2) is 22.8 Å². The summed E-state index contributed by atoms with van der Waals surface area (Å²) in [6.07, 6.45) is 6.34. The van der Waals surface area contributed by atoms with Gasteiger partial charge in [0.05, 0.1) is 12.9 Å². The first kappa shape index (κ1) is 9.21. The molecule has 0 radical (unpaired) electrons. The molecule has 1 saturated heterocycles. The van der Waals surface area contributed by atoms with E-state index < -0.39 is 0 Å². The fourth-order valence-electron chi connectivity index (χ4n) is 1.68. The first-order chi connectivity index (χ1) is 6.34. The molecule has 0 N–H and O–H groups in total. The molecule has 4 heteroatoms. The SMILES string of the molecule is Brc1cn(CC2CCCOC2)cn1. The van der Waals surface area contributed by atoms with Crippen LogP contribution in [0.2, 0.25) is 0 Å². The third-order valence-electron chi connectivity index (χ3n) is 2.33. The van der Waals surface area contributed by atoms with Gasteiger partial charge in [-0.15, -0.1) is 0 Å². The van der Waals surface area contributed by atoms with E-state index in [-0.39, 0.29) is 0 Å². The number of hydrogen-bond acceptors (Lipinski definition) is 2. The standard InChI is InChI=1S/C9H13BrN2O/c10-9-5-12(7-11-9)4-8-2-1-3-13-6-8/h5,7-8H,1-4,6H2. The van der Waals surface area contributed by atoms with Crippen molar-refractivity contribution >= 4 is 15.9 Å². The van der Waals surface area contributed by atoms with Gasteiger partial charge in [-0.1, -0.05) is 0 Å². The number of imidazole rings is 1. The summed E-state index contributed by atoms with van der Waals surface area (Å²) in [6.45, 7) is 2.86. The van der Waals surface area contributed by atoms with Gasteiger partial charge in [-0.3, -0.25) is 0 Å². The smallest absolute Gasteiger partial charge is 0.124 e. The van der Waals surface area contributed by atoms with Crippen molar-refractivity contribution in [3.8, 4) is 0 Å². The van der Waals surface area contributed by atoms with Gasteiger partial charge in [0.2, 0.25) is 0 Å². The number of nitrogens with zero attached hydrogens (tertiary/aromatic N) is 2. The Hall–Kier alpha value is -0.350. The van der Waals surface area contributed by atoms with E-state index in [1.54, 1.807) is 0 Å². The Morgan fingerprint density at radius 2 is 2.62 bits per heavy atom. The second kappa shape index (κ2) is 4.24. The maximum Gasteiger partial charge on any atom is 0.124 e. The van der Waals surface area contributed by atoms with E-state index in [0.29, 0.717) is 5.92 Å². The average Bonchev–Trinajstić information content (AvgIpc) is 2.53. The fraction of sp³-hybridized carbons (Fsp3) is 0.667. The van der Waals surface area contributed by atoms with E-state index in [1.807, 2.05) is 12.5 Å². The zero-order valence-electron chi connectivity index (χ0n) is 7.45. The first-order valence-corrected chi connectivity index (χ1v) is 5.39. The molecule has 2 heterocycles. The van der Waals surface area contributed by atoms with E-state index >= 15 is 0 Å². The molecule has 0 saturated carbocycles. The highest BCUT2D eigenvalue weighted by Gasteiger charge is 2.14. The Bertz CT molecular complexity index is 268. The lowest BCUT2D eigenvalue weighted by Gasteiger charge is -2.21. The Balaban J connectivity index is 1.89. The monoisotopic (exact) mass is 244 g/mol. The van der Waals surface area contributed by atoms with Crippen molar-refractivity contribution in [2.45, 2.75) is 19.4 Å². The van der Waals surface area contributed by atoms with Gasteiger partial charge < -0.3 is 9.30 Å². The van der Waals surface area contributed by atoms with Crippen LogP contribution >= 0.6 is 15.9 Å². The molecular formula is C9H13BrN2O. The summed E-state index contributed by atoms with van der Waals surface area (Å²) in [5, 5.41) is 0. The predicted molar refractivity (Wildman–Crippen MR) is 53.5 cm³/mol. The molecule has 0 aromatic carbocycles. The van der Waals surface area contributed by atoms with Crippen molar-refractivity contribution in [3.05, 3.63) is 17.1 Å². The molecule has 13 heavy (non-hydrogen) atoms. The van der Waals surface area contributed by atoms with Crippen molar-refractivity contribution in [2.75, 3.05) is 13.2 Å². The molecule has 1 fully saturated rings. The summed E-state index contributed by atoms with van der Waals surface area (Å²) < 4.78 is 8.44. The van der Waals surface area contributed by atoms with E-state index in [4.69, 9.17) is 4.74 Å². The molecule has 0 amide bonds. The van der Waals surface area contributed by atoms with Crippen LogP contribution in [0.25, 0.3) is 0 Å². The third kappa shape index (κ3) is 2.54. The van der Waals surface area contributed by atoms with Crippen molar-refractivity contribution in [1.82, 2.24) is 9.55 Å². The van der Waals surface area contributed by atoms with E-state index in [9.17, 15) is 0 Å². The quantitative estimate of drug-likeness (QED) is 0.797. The summed E-state index contributed by atoms with van der Waals surface area (Å²) in [5.74, 6) is 0.662. The van der Waals surface area contributed by atoms with Crippen LogP contribution in [0, 0.1) is 5.92 Å². The lowest BCUT2D eigenvalue weighted by Crippen LogP contribution is -2.21. The lowest BCUT2D eigenvalue weighted by atomic mass is 10.0. The van der Waals surface area contributed by atoms with Gasteiger partial charge in [-0.25, -0.2) is 4.98 Å². The summed E-state index contributed by atoms with van der Waals surface area (Å²) in [5.41, 5.74) is 0. The minimum Gasteiger partial charge on any atom is -0.381 e. The number of halogens is 1. The molecule has 1 aromatic rings. The highest BCUT2D eigenvalue weighted by molar-refractivity contribution is 9.10. The topological polar surface area (TPSA) is 27.1 Å². The van der Waals surface area contributed by atoms with Gasteiger partial charge >= 0.3 is 0 Å². The zero-order valence-corrected chi connectivity index (χ0v) is 9.03. The van der Waals surface area contributed by atoms with Gasteiger partial charge in [0.1, 0.15) is 4.60 Å².